The molecule has 0 heterocycles. The zero-order valence-electron chi connectivity index (χ0n) is 12.6. The lowest BCUT2D eigenvalue weighted by atomic mass is 10.0. The summed E-state index contributed by atoms with van der Waals surface area (Å²) in [4.78, 5) is 11.9. The minimum Gasteiger partial charge on any atom is -0.399 e. The third kappa shape index (κ3) is 4.63. The molecule has 0 aliphatic heterocycles. The topological polar surface area (TPSA) is 55.1 Å². The predicted molar refractivity (Wildman–Crippen MR) is 88.3 cm³/mol. The lowest BCUT2D eigenvalue weighted by molar-refractivity contribution is -0.116. The molecule has 0 aliphatic rings. The Labute approximate surface area is 126 Å². The summed E-state index contributed by atoms with van der Waals surface area (Å²) >= 11 is 0. The molecule has 2 aromatic carbocycles. The molecule has 0 radical (unpaired) electrons. The van der Waals surface area contributed by atoms with E-state index >= 15 is 0 Å². The highest BCUT2D eigenvalue weighted by molar-refractivity contribution is 5.90. The molecule has 0 atom stereocenters. The monoisotopic (exact) mass is 282 g/mol. The van der Waals surface area contributed by atoms with Gasteiger partial charge in [-0.15, -0.1) is 0 Å². The molecule has 0 bridgehead atoms. The van der Waals surface area contributed by atoms with Crippen LogP contribution >= 0.6 is 0 Å². The van der Waals surface area contributed by atoms with Crippen molar-refractivity contribution >= 4 is 17.3 Å². The van der Waals surface area contributed by atoms with Gasteiger partial charge in [-0.05, 0) is 47.7 Å². The molecule has 0 aliphatic carbocycles. The Morgan fingerprint density at radius 1 is 1.05 bits per heavy atom. The summed E-state index contributed by atoms with van der Waals surface area (Å²) in [5, 5.41) is 2.93. The van der Waals surface area contributed by atoms with Crippen LogP contribution in [0.1, 0.15) is 37.3 Å². The van der Waals surface area contributed by atoms with Crippen LogP contribution in [0.4, 0.5) is 11.4 Å². The highest BCUT2D eigenvalue weighted by atomic mass is 16.1. The lowest BCUT2D eigenvalue weighted by Crippen LogP contribution is -2.12. The zero-order valence-corrected chi connectivity index (χ0v) is 12.6. The van der Waals surface area contributed by atoms with Crippen LogP contribution in [-0.4, -0.2) is 5.91 Å². The summed E-state index contributed by atoms with van der Waals surface area (Å²) < 4.78 is 0. The predicted octanol–water partition coefficient (Wildman–Crippen LogP) is 3.96. The van der Waals surface area contributed by atoms with Gasteiger partial charge in [0.05, 0.1) is 0 Å². The van der Waals surface area contributed by atoms with Gasteiger partial charge in [-0.3, -0.25) is 4.79 Å². The maximum atomic E-state index is 11.9. The number of anilines is 2. The average Bonchev–Trinajstić information content (AvgIpc) is 2.47. The molecule has 2 aromatic rings. The summed E-state index contributed by atoms with van der Waals surface area (Å²) in [5.41, 5.74) is 9.62. The normalized spacial score (nSPS) is 10.6. The van der Waals surface area contributed by atoms with Crippen LogP contribution in [0.5, 0.6) is 0 Å². The van der Waals surface area contributed by atoms with E-state index in [0.29, 0.717) is 12.3 Å². The maximum absolute atomic E-state index is 11.9. The van der Waals surface area contributed by atoms with Gasteiger partial charge in [0.25, 0.3) is 0 Å². The van der Waals surface area contributed by atoms with Crippen molar-refractivity contribution in [3.05, 3.63) is 59.7 Å². The quantitative estimate of drug-likeness (QED) is 0.815. The van der Waals surface area contributed by atoms with Crippen LogP contribution in [0.15, 0.2) is 48.5 Å². The van der Waals surface area contributed by atoms with Gasteiger partial charge in [-0.25, -0.2) is 0 Å². The number of nitrogens with one attached hydrogen (secondary N) is 1. The number of nitrogens with two attached hydrogens (primary N) is 1. The smallest absolute Gasteiger partial charge is 0.224 e. The lowest BCUT2D eigenvalue weighted by Gasteiger charge is -2.08. The van der Waals surface area contributed by atoms with Crippen molar-refractivity contribution in [3.8, 4) is 0 Å². The van der Waals surface area contributed by atoms with Crippen molar-refractivity contribution in [3.63, 3.8) is 0 Å². The third-order valence-electron chi connectivity index (χ3n) is 3.48. The summed E-state index contributed by atoms with van der Waals surface area (Å²) in [6, 6.07) is 15.7. The second-order valence-corrected chi connectivity index (χ2v) is 5.57. The standard InChI is InChI=1S/C18H22N2O/c1-13(2)15-6-10-17(11-7-15)20-18(21)12-5-14-3-8-16(19)9-4-14/h3-4,6-11,13H,5,12,19H2,1-2H3,(H,20,21). The van der Waals surface area contributed by atoms with E-state index in [2.05, 4.69) is 31.3 Å². The highest BCUT2D eigenvalue weighted by Crippen LogP contribution is 2.17. The first-order chi connectivity index (χ1) is 10.0. The molecule has 21 heavy (non-hydrogen) atoms. The fourth-order valence-corrected chi connectivity index (χ4v) is 2.12. The number of hydrogen-bond donors (Lipinski definition) is 2. The van der Waals surface area contributed by atoms with E-state index in [1.807, 2.05) is 36.4 Å². The van der Waals surface area contributed by atoms with Crippen LogP contribution in [0.25, 0.3) is 0 Å². The van der Waals surface area contributed by atoms with Crippen molar-refractivity contribution in [2.75, 3.05) is 11.1 Å². The van der Waals surface area contributed by atoms with Crippen molar-refractivity contribution in [1.82, 2.24) is 0 Å². The van der Waals surface area contributed by atoms with E-state index < -0.39 is 0 Å². The Morgan fingerprint density at radius 2 is 1.67 bits per heavy atom. The molecule has 0 saturated carbocycles. The molecule has 1 amide bonds. The number of carbonyl (C=O) groups is 1. The van der Waals surface area contributed by atoms with Crippen LogP contribution in [0.3, 0.4) is 0 Å². The Hall–Kier alpha value is -2.29. The highest BCUT2D eigenvalue weighted by Gasteiger charge is 2.04. The first-order valence-electron chi connectivity index (χ1n) is 7.29. The first kappa shape index (κ1) is 15.1. The molecule has 3 N–H and O–H groups in total. The van der Waals surface area contributed by atoms with Gasteiger partial charge >= 0.3 is 0 Å². The minimum atomic E-state index is 0.0316. The van der Waals surface area contributed by atoms with Crippen LogP contribution in [-0.2, 0) is 11.2 Å². The van der Waals surface area contributed by atoms with E-state index in [1.165, 1.54) is 5.56 Å². The number of benzene rings is 2. The van der Waals surface area contributed by atoms with Gasteiger partial charge in [0.15, 0.2) is 0 Å². The summed E-state index contributed by atoms with van der Waals surface area (Å²) in [7, 11) is 0. The largest absolute Gasteiger partial charge is 0.399 e. The third-order valence-corrected chi connectivity index (χ3v) is 3.48. The number of carbonyl (C=O) groups excluding carboxylic acids is 1. The molecular formula is C18H22N2O. The van der Waals surface area contributed by atoms with Crippen LogP contribution in [0.2, 0.25) is 0 Å². The van der Waals surface area contributed by atoms with Gasteiger partial charge in [0, 0.05) is 17.8 Å². The fraction of sp³-hybridized carbons (Fsp3) is 0.278. The van der Waals surface area contributed by atoms with Gasteiger partial charge in [-0.2, -0.15) is 0 Å². The molecule has 0 unspecified atom stereocenters. The zero-order chi connectivity index (χ0) is 15.2. The molecule has 0 fully saturated rings. The Kier molecular flexibility index (Phi) is 4.99. The fourth-order valence-electron chi connectivity index (χ4n) is 2.12. The van der Waals surface area contributed by atoms with E-state index in [0.717, 1.165) is 23.4 Å². The summed E-state index contributed by atoms with van der Waals surface area (Å²) in [6.45, 7) is 4.31. The van der Waals surface area contributed by atoms with Crippen molar-refractivity contribution in [1.29, 1.82) is 0 Å². The SMILES string of the molecule is CC(C)c1ccc(NC(=O)CCc2ccc(N)cc2)cc1. The van der Waals surface area contributed by atoms with Crippen LogP contribution < -0.4 is 11.1 Å². The number of aryl methyl sites for hydroxylation is 1. The number of amides is 1. The summed E-state index contributed by atoms with van der Waals surface area (Å²) in [6.07, 6.45) is 1.19. The summed E-state index contributed by atoms with van der Waals surface area (Å²) in [5.74, 6) is 0.532. The van der Waals surface area contributed by atoms with Crippen molar-refractivity contribution in [2.45, 2.75) is 32.6 Å². The molecular weight excluding hydrogens is 260 g/mol. The second-order valence-electron chi connectivity index (χ2n) is 5.57. The van der Waals surface area contributed by atoms with E-state index in [-0.39, 0.29) is 5.91 Å². The number of nitrogen functional groups attached to an aromatic ring is 1. The van der Waals surface area contributed by atoms with Gasteiger partial charge in [0.2, 0.25) is 5.91 Å². The molecule has 3 heteroatoms. The van der Waals surface area contributed by atoms with E-state index in [9.17, 15) is 4.79 Å². The average molecular weight is 282 g/mol. The molecule has 3 nitrogen and oxygen atoms in total. The maximum Gasteiger partial charge on any atom is 0.224 e. The second kappa shape index (κ2) is 6.93. The van der Waals surface area contributed by atoms with Crippen LogP contribution in [0, 0.1) is 0 Å². The minimum absolute atomic E-state index is 0.0316. The Bertz CT molecular complexity index is 586. The van der Waals surface area contributed by atoms with Crippen molar-refractivity contribution in [2.24, 2.45) is 0 Å². The van der Waals surface area contributed by atoms with E-state index in [4.69, 9.17) is 5.73 Å². The Morgan fingerprint density at radius 3 is 2.24 bits per heavy atom. The number of rotatable bonds is 5. The van der Waals surface area contributed by atoms with Gasteiger partial charge in [-0.1, -0.05) is 38.1 Å². The Balaban J connectivity index is 1.85. The van der Waals surface area contributed by atoms with Crippen molar-refractivity contribution < 1.29 is 4.79 Å². The molecule has 0 saturated heterocycles. The molecule has 2 rings (SSSR count). The molecule has 0 aromatic heterocycles. The molecule has 0 spiro atoms. The van der Waals surface area contributed by atoms with Gasteiger partial charge in [0.1, 0.15) is 0 Å². The molecule has 110 valence electrons. The van der Waals surface area contributed by atoms with E-state index in [1.54, 1.807) is 0 Å². The van der Waals surface area contributed by atoms with Gasteiger partial charge < -0.3 is 11.1 Å². The number of hydrogen-bond acceptors (Lipinski definition) is 2. The first-order valence-corrected chi connectivity index (χ1v) is 7.29.